The normalized spacial score (nSPS) is 11.3. The lowest BCUT2D eigenvalue weighted by Gasteiger charge is -2.12. The number of nitrogens with zero attached hydrogens (tertiary/aromatic N) is 1. The molecule has 0 radical (unpaired) electrons. The molecule has 2 rings (SSSR count). The first-order valence-electron chi connectivity index (χ1n) is 5.38. The Kier molecular flexibility index (Phi) is 3.77. The topological polar surface area (TPSA) is 85.1 Å². The Bertz CT molecular complexity index is 717. The Morgan fingerprint density at radius 1 is 1.32 bits per heavy atom. The van der Waals surface area contributed by atoms with Crippen LogP contribution in [0.25, 0.3) is 0 Å². The van der Waals surface area contributed by atoms with Crippen LogP contribution in [0.5, 0.6) is 0 Å². The summed E-state index contributed by atoms with van der Waals surface area (Å²) >= 11 is 3.23. The van der Waals surface area contributed by atoms with Gasteiger partial charge in [-0.1, -0.05) is 15.9 Å². The van der Waals surface area contributed by atoms with Crippen LogP contribution < -0.4 is 10.5 Å². The first-order chi connectivity index (χ1) is 8.90. The minimum absolute atomic E-state index is 0.0399. The number of nitrogens with two attached hydrogens (primary N) is 1. The zero-order valence-electron chi connectivity index (χ0n) is 10.1. The number of nitrogens with one attached hydrogen (secondary N) is 1. The lowest BCUT2D eigenvalue weighted by molar-refractivity contribution is 0.601. The molecule has 19 heavy (non-hydrogen) atoms. The third kappa shape index (κ3) is 3.05. The number of aromatic nitrogens is 1. The zero-order chi connectivity index (χ0) is 14.0. The van der Waals surface area contributed by atoms with Crippen molar-refractivity contribution in [3.63, 3.8) is 0 Å². The van der Waals surface area contributed by atoms with Gasteiger partial charge in [0.1, 0.15) is 4.90 Å². The van der Waals surface area contributed by atoms with Crippen molar-refractivity contribution in [3.8, 4) is 0 Å². The predicted octanol–water partition coefficient (Wildman–Crippen LogP) is 2.54. The van der Waals surface area contributed by atoms with E-state index in [1.807, 2.05) is 0 Å². The van der Waals surface area contributed by atoms with Crippen molar-refractivity contribution in [1.29, 1.82) is 0 Å². The number of hydrogen-bond donors (Lipinski definition) is 2. The van der Waals surface area contributed by atoms with E-state index in [9.17, 15) is 8.42 Å². The third-order valence-electron chi connectivity index (χ3n) is 2.53. The fourth-order valence-electron chi connectivity index (χ4n) is 1.53. The van der Waals surface area contributed by atoms with Crippen LogP contribution in [0.3, 0.4) is 0 Å². The molecule has 0 aliphatic carbocycles. The molecule has 0 spiro atoms. The van der Waals surface area contributed by atoms with Gasteiger partial charge in [-0.05, 0) is 36.8 Å². The second-order valence-corrected chi connectivity index (χ2v) is 6.54. The van der Waals surface area contributed by atoms with E-state index in [-0.39, 0.29) is 10.6 Å². The standard InChI is InChI=1S/C12H12BrN3O2S/c1-8-7-15-5-4-11(8)16-19(17,18)12-6-9(13)2-3-10(12)14/h2-7H,14H2,1H3,(H,15,16). The molecule has 100 valence electrons. The molecule has 0 unspecified atom stereocenters. The molecule has 0 aliphatic heterocycles. The molecular weight excluding hydrogens is 330 g/mol. The van der Waals surface area contributed by atoms with E-state index in [0.29, 0.717) is 10.2 Å². The average molecular weight is 342 g/mol. The highest BCUT2D eigenvalue weighted by Gasteiger charge is 2.18. The van der Waals surface area contributed by atoms with Gasteiger partial charge in [0.25, 0.3) is 10.0 Å². The summed E-state index contributed by atoms with van der Waals surface area (Å²) in [5.41, 5.74) is 7.13. The van der Waals surface area contributed by atoms with Gasteiger partial charge in [0, 0.05) is 16.9 Å². The average Bonchev–Trinajstić information content (AvgIpc) is 2.35. The molecule has 2 aromatic rings. The van der Waals surface area contributed by atoms with E-state index in [0.717, 1.165) is 5.56 Å². The van der Waals surface area contributed by atoms with Gasteiger partial charge in [-0.25, -0.2) is 8.42 Å². The van der Waals surface area contributed by atoms with Gasteiger partial charge >= 0.3 is 0 Å². The van der Waals surface area contributed by atoms with E-state index < -0.39 is 10.0 Å². The summed E-state index contributed by atoms with van der Waals surface area (Å²) in [7, 11) is -3.72. The number of halogens is 1. The van der Waals surface area contributed by atoms with Crippen molar-refractivity contribution in [2.45, 2.75) is 11.8 Å². The Morgan fingerprint density at radius 2 is 2.05 bits per heavy atom. The molecule has 5 nitrogen and oxygen atoms in total. The quantitative estimate of drug-likeness (QED) is 0.840. The van der Waals surface area contributed by atoms with Gasteiger partial charge in [0.05, 0.1) is 11.4 Å². The lowest BCUT2D eigenvalue weighted by atomic mass is 10.3. The Morgan fingerprint density at radius 3 is 2.74 bits per heavy atom. The van der Waals surface area contributed by atoms with Crippen LogP contribution in [-0.4, -0.2) is 13.4 Å². The van der Waals surface area contributed by atoms with Crippen molar-refractivity contribution < 1.29 is 8.42 Å². The molecule has 0 fully saturated rings. The first kappa shape index (κ1) is 13.8. The Labute approximate surface area is 120 Å². The second-order valence-electron chi connectivity index (χ2n) is 3.98. The van der Waals surface area contributed by atoms with Crippen LogP contribution in [-0.2, 0) is 10.0 Å². The minimum atomic E-state index is -3.72. The fraction of sp³-hybridized carbons (Fsp3) is 0.0833. The maximum atomic E-state index is 12.3. The number of benzene rings is 1. The fourth-order valence-corrected chi connectivity index (χ4v) is 3.33. The van der Waals surface area contributed by atoms with Gasteiger partial charge in [0.2, 0.25) is 0 Å². The monoisotopic (exact) mass is 341 g/mol. The molecule has 0 aliphatic rings. The van der Waals surface area contributed by atoms with Crippen LogP contribution in [0.15, 0.2) is 46.0 Å². The number of hydrogen-bond acceptors (Lipinski definition) is 4. The van der Waals surface area contributed by atoms with Gasteiger partial charge in [-0.2, -0.15) is 0 Å². The number of nitrogen functional groups attached to an aromatic ring is 1. The molecule has 0 amide bonds. The third-order valence-corrected chi connectivity index (χ3v) is 4.44. The smallest absolute Gasteiger partial charge is 0.263 e. The van der Waals surface area contributed by atoms with E-state index in [1.54, 1.807) is 25.3 Å². The number of aryl methyl sites for hydroxylation is 1. The van der Waals surface area contributed by atoms with Crippen molar-refractivity contribution >= 4 is 37.3 Å². The highest BCUT2D eigenvalue weighted by molar-refractivity contribution is 9.10. The van der Waals surface area contributed by atoms with Crippen LogP contribution in [0, 0.1) is 6.92 Å². The number of sulfonamides is 1. The zero-order valence-corrected chi connectivity index (χ0v) is 12.5. The molecule has 0 bridgehead atoms. The van der Waals surface area contributed by atoms with E-state index >= 15 is 0 Å². The molecule has 7 heteroatoms. The molecule has 1 aromatic heterocycles. The predicted molar refractivity (Wildman–Crippen MR) is 78.3 cm³/mol. The second kappa shape index (κ2) is 5.18. The Balaban J connectivity index is 2.44. The molecule has 0 saturated carbocycles. The largest absolute Gasteiger partial charge is 0.398 e. The highest BCUT2D eigenvalue weighted by Crippen LogP contribution is 2.25. The summed E-state index contributed by atoms with van der Waals surface area (Å²) in [6.45, 7) is 1.77. The lowest BCUT2D eigenvalue weighted by Crippen LogP contribution is -2.15. The van der Waals surface area contributed by atoms with E-state index in [4.69, 9.17) is 5.73 Å². The maximum absolute atomic E-state index is 12.3. The summed E-state index contributed by atoms with van der Waals surface area (Å²) in [6, 6.07) is 6.29. The van der Waals surface area contributed by atoms with Gasteiger partial charge in [-0.3, -0.25) is 9.71 Å². The van der Waals surface area contributed by atoms with Crippen molar-refractivity contribution in [2.75, 3.05) is 10.5 Å². The van der Waals surface area contributed by atoms with Crippen molar-refractivity contribution in [1.82, 2.24) is 4.98 Å². The SMILES string of the molecule is Cc1cnccc1NS(=O)(=O)c1cc(Br)ccc1N. The number of rotatable bonds is 3. The Hall–Kier alpha value is -1.60. The molecular formula is C12H12BrN3O2S. The number of anilines is 2. The summed E-state index contributed by atoms with van der Waals surface area (Å²) < 4.78 is 27.7. The molecule has 1 heterocycles. The van der Waals surface area contributed by atoms with Crippen LogP contribution in [0.1, 0.15) is 5.56 Å². The molecule has 3 N–H and O–H groups in total. The van der Waals surface area contributed by atoms with E-state index in [1.165, 1.54) is 18.3 Å². The van der Waals surface area contributed by atoms with Crippen molar-refractivity contribution in [3.05, 3.63) is 46.7 Å². The summed E-state index contributed by atoms with van der Waals surface area (Å²) in [5.74, 6) is 0. The van der Waals surface area contributed by atoms with Gasteiger partial charge in [0.15, 0.2) is 0 Å². The highest BCUT2D eigenvalue weighted by atomic mass is 79.9. The van der Waals surface area contributed by atoms with Gasteiger partial charge < -0.3 is 5.73 Å². The molecule has 1 aromatic carbocycles. The molecule has 0 saturated heterocycles. The van der Waals surface area contributed by atoms with Crippen LogP contribution in [0.4, 0.5) is 11.4 Å². The first-order valence-corrected chi connectivity index (χ1v) is 7.66. The van der Waals surface area contributed by atoms with E-state index in [2.05, 4.69) is 25.6 Å². The van der Waals surface area contributed by atoms with Crippen molar-refractivity contribution in [2.24, 2.45) is 0 Å². The van der Waals surface area contributed by atoms with Crippen LogP contribution in [0.2, 0.25) is 0 Å². The summed E-state index contributed by atoms with van der Waals surface area (Å²) in [6.07, 6.45) is 3.11. The number of pyridine rings is 1. The van der Waals surface area contributed by atoms with Crippen LogP contribution >= 0.6 is 15.9 Å². The summed E-state index contributed by atoms with van der Waals surface area (Å²) in [4.78, 5) is 3.95. The minimum Gasteiger partial charge on any atom is -0.398 e. The maximum Gasteiger partial charge on any atom is 0.263 e. The van der Waals surface area contributed by atoms with Gasteiger partial charge in [-0.15, -0.1) is 0 Å². The summed E-state index contributed by atoms with van der Waals surface area (Å²) in [5, 5.41) is 0. The molecule has 0 atom stereocenters.